The lowest BCUT2D eigenvalue weighted by atomic mass is 10.0. The molecule has 0 bridgehead atoms. The van der Waals surface area contributed by atoms with Gasteiger partial charge in [0, 0.05) is 31.2 Å². The fraction of sp³-hybridized carbons (Fsp3) is 0.400. The molecular formula is C10H13IN2O. The molecule has 0 amide bonds. The molecule has 3 N–H and O–H groups in total. The second-order valence-corrected chi connectivity index (χ2v) is 4.55. The zero-order valence-corrected chi connectivity index (χ0v) is 9.91. The van der Waals surface area contributed by atoms with E-state index in [1.165, 1.54) is 0 Å². The van der Waals surface area contributed by atoms with Crippen molar-refractivity contribution in [1.29, 1.82) is 0 Å². The Kier molecular flexibility index (Phi) is 3.25. The fourth-order valence-electron chi connectivity index (χ4n) is 1.69. The molecule has 0 unspecified atom stereocenters. The molecule has 0 aliphatic carbocycles. The first-order valence-corrected chi connectivity index (χ1v) is 5.78. The standard InChI is InChI=1S/C10H13IN2O/c11-8-3-1-2-7(10(8)14)9-6-12-4-5-13-9/h1-3,9,12-14H,4-6H2/t9-/m1/s1. The molecule has 0 aromatic heterocycles. The Balaban J connectivity index is 2.26. The third-order valence-corrected chi connectivity index (χ3v) is 3.30. The van der Waals surface area contributed by atoms with Gasteiger partial charge in [0.25, 0.3) is 0 Å². The minimum absolute atomic E-state index is 0.235. The van der Waals surface area contributed by atoms with E-state index in [-0.39, 0.29) is 6.04 Å². The summed E-state index contributed by atoms with van der Waals surface area (Å²) in [7, 11) is 0. The van der Waals surface area contributed by atoms with Crippen LogP contribution in [0.4, 0.5) is 0 Å². The van der Waals surface area contributed by atoms with Gasteiger partial charge in [-0.15, -0.1) is 0 Å². The van der Waals surface area contributed by atoms with E-state index in [4.69, 9.17) is 0 Å². The van der Waals surface area contributed by atoms with Gasteiger partial charge >= 0.3 is 0 Å². The van der Waals surface area contributed by atoms with Gasteiger partial charge in [-0.1, -0.05) is 12.1 Å². The normalized spacial score (nSPS) is 22.2. The number of nitrogens with one attached hydrogen (secondary N) is 2. The predicted octanol–water partition coefficient (Wildman–Crippen LogP) is 1.23. The van der Waals surface area contributed by atoms with Crippen molar-refractivity contribution in [3.05, 3.63) is 27.3 Å². The quantitative estimate of drug-likeness (QED) is 0.684. The van der Waals surface area contributed by atoms with E-state index in [1.54, 1.807) is 0 Å². The maximum absolute atomic E-state index is 9.87. The van der Waals surface area contributed by atoms with Gasteiger partial charge in [0.2, 0.25) is 0 Å². The van der Waals surface area contributed by atoms with Crippen LogP contribution in [0.15, 0.2) is 18.2 Å². The number of benzene rings is 1. The number of aromatic hydroxyl groups is 1. The van der Waals surface area contributed by atoms with Gasteiger partial charge < -0.3 is 15.7 Å². The number of phenols is 1. The van der Waals surface area contributed by atoms with Crippen molar-refractivity contribution >= 4 is 22.6 Å². The van der Waals surface area contributed by atoms with Crippen molar-refractivity contribution in [3.63, 3.8) is 0 Å². The molecule has 76 valence electrons. The van der Waals surface area contributed by atoms with Crippen molar-refractivity contribution < 1.29 is 5.11 Å². The molecule has 14 heavy (non-hydrogen) atoms. The summed E-state index contributed by atoms with van der Waals surface area (Å²) in [5.41, 5.74) is 0.990. The molecule has 1 aliphatic heterocycles. The lowest BCUT2D eigenvalue weighted by Gasteiger charge is -2.25. The van der Waals surface area contributed by atoms with E-state index in [2.05, 4.69) is 33.2 Å². The number of rotatable bonds is 1. The van der Waals surface area contributed by atoms with Crippen LogP contribution >= 0.6 is 22.6 Å². The summed E-state index contributed by atoms with van der Waals surface area (Å²) in [4.78, 5) is 0. The molecule has 1 aromatic carbocycles. The molecule has 0 radical (unpaired) electrons. The molecule has 1 aliphatic rings. The number of hydrogen-bond acceptors (Lipinski definition) is 3. The van der Waals surface area contributed by atoms with Crippen molar-refractivity contribution in [3.8, 4) is 5.75 Å². The van der Waals surface area contributed by atoms with Gasteiger partial charge in [0.1, 0.15) is 5.75 Å². The molecule has 1 heterocycles. The van der Waals surface area contributed by atoms with Gasteiger partial charge in [-0.25, -0.2) is 0 Å². The maximum atomic E-state index is 9.87. The number of para-hydroxylation sites is 1. The molecule has 0 spiro atoms. The Morgan fingerprint density at radius 2 is 2.21 bits per heavy atom. The number of phenolic OH excluding ortho intramolecular Hbond substituents is 1. The molecule has 1 atom stereocenters. The summed E-state index contributed by atoms with van der Waals surface area (Å²) in [6, 6.07) is 6.10. The van der Waals surface area contributed by atoms with Crippen LogP contribution in [-0.4, -0.2) is 24.7 Å². The lowest BCUT2D eigenvalue weighted by Crippen LogP contribution is -2.42. The molecule has 1 fully saturated rings. The van der Waals surface area contributed by atoms with Crippen LogP contribution in [0.1, 0.15) is 11.6 Å². The largest absolute Gasteiger partial charge is 0.506 e. The third kappa shape index (κ3) is 2.02. The Morgan fingerprint density at radius 1 is 1.36 bits per heavy atom. The maximum Gasteiger partial charge on any atom is 0.133 e. The van der Waals surface area contributed by atoms with E-state index in [0.717, 1.165) is 28.8 Å². The third-order valence-electron chi connectivity index (χ3n) is 2.43. The summed E-state index contributed by atoms with van der Waals surface area (Å²) in [5, 5.41) is 16.6. The highest BCUT2D eigenvalue weighted by molar-refractivity contribution is 14.1. The van der Waals surface area contributed by atoms with Crippen LogP contribution < -0.4 is 10.6 Å². The van der Waals surface area contributed by atoms with Gasteiger partial charge in [-0.3, -0.25) is 0 Å². The Morgan fingerprint density at radius 3 is 2.93 bits per heavy atom. The summed E-state index contributed by atoms with van der Waals surface area (Å²) in [5.74, 6) is 0.411. The summed E-state index contributed by atoms with van der Waals surface area (Å²) < 4.78 is 0.910. The number of piperazine rings is 1. The minimum Gasteiger partial charge on any atom is -0.506 e. The van der Waals surface area contributed by atoms with Crippen molar-refractivity contribution in [2.24, 2.45) is 0 Å². The van der Waals surface area contributed by atoms with Gasteiger partial charge in [0.15, 0.2) is 0 Å². The van der Waals surface area contributed by atoms with Crippen LogP contribution in [-0.2, 0) is 0 Å². The van der Waals surface area contributed by atoms with Crippen LogP contribution in [0.2, 0.25) is 0 Å². The zero-order chi connectivity index (χ0) is 9.97. The Labute approximate surface area is 97.0 Å². The summed E-state index contributed by atoms with van der Waals surface area (Å²) >= 11 is 2.15. The monoisotopic (exact) mass is 304 g/mol. The van der Waals surface area contributed by atoms with Crippen molar-refractivity contribution in [2.45, 2.75) is 6.04 Å². The van der Waals surface area contributed by atoms with Crippen LogP contribution in [0.3, 0.4) is 0 Å². The first-order chi connectivity index (χ1) is 6.79. The first kappa shape index (κ1) is 10.2. The molecule has 3 nitrogen and oxygen atoms in total. The van der Waals surface area contributed by atoms with E-state index in [9.17, 15) is 5.11 Å². The highest BCUT2D eigenvalue weighted by Crippen LogP contribution is 2.29. The zero-order valence-electron chi connectivity index (χ0n) is 7.76. The highest BCUT2D eigenvalue weighted by atomic mass is 127. The van der Waals surface area contributed by atoms with Crippen molar-refractivity contribution in [1.82, 2.24) is 10.6 Å². The molecule has 1 aromatic rings. The van der Waals surface area contributed by atoms with Crippen molar-refractivity contribution in [2.75, 3.05) is 19.6 Å². The van der Waals surface area contributed by atoms with Crippen LogP contribution in [0.5, 0.6) is 5.75 Å². The SMILES string of the molecule is Oc1c(I)cccc1[C@H]1CNCCN1. The van der Waals surface area contributed by atoms with E-state index < -0.39 is 0 Å². The average Bonchev–Trinajstić information content (AvgIpc) is 2.23. The highest BCUT2D eigenvalue weighted by Gasteiger charge is 2.18. The van der Waals surface area contributed by atoms with E-state index in [1.807, 2.05) is 18.2 Å². The van der Waals surface area contributed by atoms with Crippen LogP contribution in [0, 0.1) is 3.57 Å². The van der Waals surface area contributed by atoms with Gasteiger partial charge in [0.05, 0.1) is 3.57 Å². The molecule has 0 saturated carbocycles. The fourth-order valence-corrected chi connectivity index (χ4v) is 2.21. The average molecular weight is 304 g/mol. The van der Waals surface area contributed by atoms with Crippen LogP contribution in [0.25, 0.3) is 0 Å². The second-order valence-electron chi connectivity index (χ2n) is 3.39. The smallest absolute Gasteiger partial charge is 0.133 e. The topological polar surface area (TPSA) is 44.3 Å². The van der Waals surface area contributed by atoms with E-state index in [0.29, 0.717) is 5.75 Å². The Bertz CT molecular complexity index is 324. The number of hydrogen-bond donors (Lipinski definition) is 3. The second kappa shape index (κ2) is 4.46. The van der Waals surface area contributed by atoms with Gasteiger partial charge in [-0.2, -0.15) is 0 Å². The minimum atomic E-state index is 0.235. The summed E-state index contributed by atoms with van der Waals surface area (Å²) in [6.07, 6.45) is 0. The molecule has 1 saturated heterocycles. The number of halogens is 1. The lowest BCUT2D eigenvalue weighted by molar-refractivity contribution is 0.403. The molecule has 4 heteroatoms. The van der Waals surface area contributed by atoms with Gasteiger partial charge in [-0.05, 0) is 28.7 Å². The Hall–Kier alpha value is -0.330. The van der Waals surface area contributed by atoms with E-state index >= 15 is 0 Å². The summed E-state index contributed by atoms with van der Waals surface area (Å²) in [6.45, 7) is 2.84. The predicted molar refractivity (Wildman–Crippen MR) is 64.4 cm³/mol. The molecule has 2 rings (SSSR count). The first-order valence-electron chi connectivity index (χ1n) is 4.70. The molecular weight excluding hydrogens is 291 g/mol.